The average molecular weight is 296 g/mol. The van der Waals surface area contributed by atoms with E-state index in [0.717, 1.165) is 25.1 Å². The molecule has 20 heavy (non-hydrogen) atoms. The number of halogens is 1. The molecule has 0 radical (unpaired) electrons. The minimum atomic E-state index is 0.000301. The Balaban J connectivity index is 1.88. The normalized spacial score (nSPS) is 23.6. The molecule has 4 nitrogen and oxygen atoms in total. The summed E-state index contributed by atoms with van der Waals surface area (Å²) in [4.78, 5) is 14.3. The first-order valence-electron chi connectivity index (χ1n) is 7.08. The van der Waals surface area contributed by atoms with E-state index in [1.165, 1.54) is 0 Å². The molecule has 1 heterocycles. The highest BCUT2D eigenvalue weighted by Crippen LogP contribution is 2.21. The predicted molar refractivity (Wildman–Crippen MR) is 82.9 cm³/mol. The topological polar surface area (TPSA) is 58.4 Å². The molecule has 0 bridgehead atoms. The minimum Gasteiger partial charge on any atom is -0.329 e. The first-order chi connectivity index (χ1) is 9.58. The number of benzene rings is 1. The van der Waals surface area contributed by atoms with Crippen LogP contribution in [-0.4, -0.2) is 36.5 Å². The maximum atomic E-state index is 12.1. The second-order valence-corrected chi connectivity index (χ2v) is 5.98. The Morgan fingerprint density at radius 2 is 2.15 bits per heavy atom. The van der Waals surface area contributed by atoms with E-state index < -0.39 is 0 Å². The Kier molecular flexibility index (Phi) is 5.40. The molecule has 110 valence electrons. The van der Waals surface area contributed by atoms with Gasteiger partial charge in [-0.15, -0.1) is 0 Å². The lowest BCUT2D eigenvalue weighted by atomic mass is 9.92. The number of piperidine rings is 1. The number of hydrogen-bond acceptors (Lipinski definition) is 3. The quantitative estimate of drug-likeness (QED) is 0.896. The monoisotopic (exact) mass is 295 g/mol. The largest absolute Gasteiger partial charge is 0.329 e. The number of amides is 1. The average Bonchev–Trinajstić information content (AvgIpc) is 2.43. The van der Waals surface area contributed by atoms with Crippen molar-refractivity contribution in [1.29, 1.82) is 0 Å². The third kappa shape index (κ3) is 4.20. The highest BCUT2D eigenvalue weighted by molar-refractivity contribution is 6.30. The van der Waals surface area contributed by atoms with E-state index >= 15 is 0 Å². The van der Waals surface area contributed by atoms with E-state index in [2.05, 4.69) is 17.1 Å². The summed E-state index contributed by atoms with van der Waals surface area (Å²) in [5.41, 5.74) is 6.59. The summed E-state index contributed by atoms with van der Waals surface area (Å²) in [7, 11) is 0. The first kappa shape index (κ1) is 15.3. The van der Waals surface area contributed by atoms with Gasteiger partial charge < -0.3 is 11.1 Å². The Labute approximate surface area is 125 Å². The van der Waals surface area contributed by atoms with Crippen molar-refractivity contribution in [3.63, 3.8) is 0 Å². The van der Waals surface area contributed by atoms with Gasteiger partial charge in [0, 0.05) is 23.3 Å². The molecule has 5 heteroatoms. The van der Waals surface area contributed by atoms with Crippen molar-refractivity contribution in [1.82, 2.24) is 4.90 Å². The number of nitrogens with one attached hydrogen (secondary N) is 1. The Bertz CT molecular complexity index is 449. The molecule has 1 aliphatic heterocycles. The number of carbonyl (C=O) groups is 1. The molecule has 2 unspecified atom stereocenters. The Hall–Kier alpha value is -1.10. The molecule has 2 rings (SSSR count). The van der Waals surface area contributed by atoms with E-state index in [1.54, 1.807) is 24.3 Å². The smallest absolute Gasteiger partial charge is 0.238 e. The first-order valence-corrected chi connectivity index (χ1v) is 7.46. The van der Waals surface area contributed by atoms with Crippen molar-refractivity contribution < 1.29 is 4.79 Å². The lowest BCUT2D eigenvalue weighted by molar-refractivity contribution is -0.118. The lowest BCUT2D eigenvalue weighted by Crippen LogP contribution is -2.49. The number of likely N-dealkylation sites (tertiary alicyclic amines) is 1. The summed E-state index contributed by atoms with van der Waals surface area (Å²) in [6.45, 7) is 4.20. The molecule has 3 N–H and O–H groups in total. The third-order valence-corrected chi connectivity index (χ3v) is 4.10. The van der Waals surface area contributed by atoms with E-state index in [-0.39, 0.29) is 5.91 Å². The van der Waals surface area contributed by atoms with Gasteiger partial charge in [-0.1, -0.05) is 18.5 Å². The summed E-state index contributed by atoms with van der Waals surface area (Å²) in [6, 6.07) is 7.46. The van der Waals surface area contributed by atoms with Gasteiger partial charge >= 0.3 is 0 Å². The standard InChI is InChI=1S/C15H22ClN3O/c1-11-6-7-19(14(8-11)9-17)10-15(20)18-13-4-2-12(16)3-5-13/h2-5,11,14H,6-10,17H2,1H3,(H,18,20). The molecule has 1 fully saturated rings. The van der Waals surface area contributed by atoms with Gasteiger partial charge in [0.15, 0.2) is 0 Å². The van der Waals surface area contributed by atoms with Crippen LogP contribution in [0.2, 0.25) is 5.02 Å². The molecule has 1 saturated heterocycles. The van der Waals surface area contributed by atoms with Crippen molar-refractivity contribution in [2.75, 3.05) is 25.0 Å². The zero-order valence-electron chi connectivity index (χ0n) is 11.8. The lowest BCUT2D eigenvalue weighted by Gasteiger charge is -2.37. The Morgan fingerprint density at radius 1 is 1.45 bits per heavy atom. The van der Waals surface area contributed by atoms with Gasteiger partial charge in [0.25, 0.3) is 0 Å². The molecular formula is C15H22ClN3O. The summed E-state index contributed by atoms with van der Waals surface area (Å²) < 4.78 is 0. The van der Waals surface area contributed by atoms with Crippen LogP contribution in [0.15, 0.2) is 24.3 Å². The third-order valence-electron chi connectivity index (χ3n) is 3.85. The van der Waals surface area contributed by atoms with E-state index in [0.29, 0.717) is 30.1 Å². The molecule has 1 aliphatic rings. The molecule has 2 atom stereocenters. The fraction of sp³-hybridized carbons (Fsp3) is 0.533. The maximum absolute atomic E-state index is 12.1. The van der Waals surface area contributed by atoms with Crippen molar-refractivity contribution in [2.45, 2.75) is 25.8 Å². The molecular weight excluding hydrogens is 274 g/mol. The van der Waals surface area contributed by atoms with Crippen LogP contribution in [0.3, 0.4) is 0 Å². The van der Waals surface area contributed by atoms with Crippen LogP contribution >= 0.6 is 11.6 Å². The maximum Gasteiger partial charge on any atom is 0.238 e. The fourth-order valence-electron chi connectivity index (χ4n) is 2.67. The number of carbonyl (C=O) groups excluding carboxylic acids is 1. The summed E-state index contributed by atoms with van der Waals surface area (Å²) in [5.74, 6) is 0.694. The highest BCUT2D eigenvalue weighted by Gasteiger charge is 2.26. The number of nitrogens with zero attached hydrogens (tertiary/aromatic N) is 1. The van der Waals surface area contributed by atoms with E-state index in [1.807, 2.05) is 0 Å². The van der Waals surface area contributed by atoms with Crippen LogP contribution in [0, 0.1) is 5.92 Å². The van der Waals surface area contributed by atoms with E-state index in [9.17, 15) is 4.79 Å². The van der Waals surface area contributed by atoms with Crippen molar-refractivity contribution in [3.8, 4) is 0 Å². The van der Waals surface area contributed by atoms with E-state index in [4.69, 9.17) is 17.3 Å². The van der Waals surface area contributed by atoms with Gasteiger partial charge in [-0.05, 0) is 49.6 Å². The van der Waals surface area contributed by atoms with Crippen LogP contribution in [0.5, 0.6) is 0 Å². The molecule has 0 saturated carbocycles. The zero-order valence-corrected chi connectivity index (χ0v) is 12.6. The molecule has 1 aromatic carbocycles. The fourth-order valence-corrected chi connectivity index (χ4v) is 2.80. The number of hydrogen-bond donors (Lipinski definition) is 2. The van der Waals surface area contributed by atoms with Gasteiger partial charge in [0.2, 0.25) is 5.91 Å². The van der Waals surface area contributed by atoms with Crippen LogP contribution in [0.25, 0.3) is 0 Å². The summed E-state index contributed by atoms with van der Waals surface area (Å²) >= 11 is 5.82. The molecule has 1 amide bonds. The summed E-state index contributed by atoms with van der Waals surface area (Å²) in [6.07, 6.45) is 2.20. The second-order valence-electron chi connectivity index (χ2n) is 5.54. The van der Waals surface area contributed by atoms with Gasteiger partial charge in [-0.25, -0.2) is 0 Å². The zero-order chi connectivity index (χ0) is 14.5. The van der Waals surface area contributed by atoms with Crippen LogP contribution in [0.1, 0.15) is 19.8 Å². The minimum absolute atomic E-state index is 0.000301. The van der Waals surface area contributed by atoms with Gasteiger partial charge in [0.1, 0.15) is 0 Å². The predicted octanol–water partition coefficient (Wildman–Crippen LogP) is 2.34. The second kappa shape index (κ2) is 7.07. The number of nitrogens with two attached hydrogens (primary N) is 1. The highest BCUT2D eigenvalue weighted by atomic mass is 35.5. The molecule has 0 spiro atoms. The Morgan fingerprint density at radius 3 is 2.80 bits per heavy atom. The van der Waals surface area contributed by atoms with Crippen molar-refractivity contribution >= 4 is 23.2 Å². The number of rotatable bonds is 4. The van der Waals surface area contributed by atoms with Crippen LogP contribution < -0.4 is 11.1 Å². The summed E-state index contributed by atoms with van der Waals surface area (Å²) in [5, 5.41) is 3.56. The van der Waals surface area contributed by atoms with Crippen LogP contribution in [-0.2, 0) is 4.79 Å². The van der Waals surface area contributed by atoms with Gasteiger partial charge in [0.05, 0.1) is 6.54 Å². The van der Waals surface area contributed by atoms with Crippen molar-refractivity contribution in [2.24, 2.45) is 11.7 Å². The van der Waals surface area contributed by atoms with Crippen LogP contribution in [0.4, 0.5) is 5.69 Å². The molecule has 1 aromatic rings. The number of anilines is 1. The molecule has 0 aliphatic carbocycles. The van der Waals surface area contributed by atoms with Crippen molar-refractivity contribution in [3.05, 3.63) is 29.3 Å². The molecule has 0 aromatic heterocycles. The van der Waals surface area contributed by atoms with Gasteiger partial charge in [-0.3, -0.25) is 9.69 Å². The van der Waals surface area contributed by atoms with Gasteiger partial charge in [-0.2, -0.15) is 0 Å². The SMILES string of the molecule is CC1CCN(CC(=O)Nc2ccc(Cl)cc2)C(CN)C1.